The van der Waals surface area contributed by atoms with Crippen molar-refractivity contribution in [2.75, 3.05) is 20.2 Å². The number of ether oxygens (including phenoxy) is 1. The lowest BCUT2D eigenvalue weighted by atomic mass is 9.81. The van der Waals surface area contributed by atoms with Gasteiger partial charge < -0.3 is 10.1 Å². The molecule has 1 aliphatic carbocycles. The minimum absolute atomic E-state index is 0.217. The summed E-state index contributed by atoms with van der Waals surface area (Å²) in [4.78, 5) is 24.8. The van der Waals surface area contributed by atoms with Gasteiger partial charge in [0, 0.05) is 19.2 Å². The van der Waals surface area contributed by atoms with Crippen LogP contribution in [0.5, 0.6) is 0 Å². The van der Waals surface area contributed by atoms with Crippen molar-refractivity contribution in [1.82, 2.24) is 9.62 Å². The molecular formula is C21H30N2O5S. The number of carbonyl (C=O) groups is 2. The fraction of sp³-hybridized carbons (Fsp3) is 0.524. The van der Waals surface area contributed by atoms with E-state index in [9.17, 15) is 18.0 Å². The average molecular weight is 423 g/mol. The third kappa shape index (κ3) is 5.45. The number of esters is 1. The molecule has 7 nitrogen and oxygen atoms in total. The summed E-state index contributed by atoms with van der Waals surface area (Å²) in [5, 5.41) is 2.82. The number of methoxy groups -OCH3 is 1. The minimum atomic E-state index is -3.51. The molecule has 1 saturated carbocycles. The number of nitrogens with one attached hydrogen (secondary N) is 1. The van der Waals surface area contributed by atoms with Crippen LogP contribution in [0.3, 0.4) is 0 Å². The van der Waals surface area contributed by atoms with Crippen LogP contribution in [0.1, 0.15) is 51.5 Å². The highest BCUT2D eigenvalue weighted by atomic mass is 32.2. The second kappa shape index (κ2) is 10.0. The van der Waals surface area contributed by atoms with Gasteiger partial charge in [-0.1, -0.05) is 45.2 Å². The lowest BCUT2D eigenvalue weighted by Crippen LogP contribution is -2.55. The van der Waals surface area contributed by atoms with Gasteiger partial charge in [0.25, 0.3) is 0 Å². The van der Waals surface area contributed by atoms with Gasteiger partial charge in [-0.15, -0.1) is 0 Å². The zero-order chi connectivity index (χ0) is 21.5. The van der Waals surface area contributed by atoms with Crippen molar-refractivity contribution >= 4 is 28.0 Å². The van der Waals surface area contributed by atoms with E-state index in [0.29, 0.717) is 31.5 Å². The molecule has 0 heterocycles. The SMILES string of the molecule is CCN(CC)S(=O)(=O)c1ccc(C=CC(=O)NC2(C(=O)OC)CCCCC2)cc1. The van der Waals surface area contributed by atoms with Gasteiger partial charge in [0.1, 0.15) is 5.54 Å². The number of hydrogen-bond acceptors (Lipinski definition) is 5. The van der Waals surface area contributed by atoms with Gasteiger partial charge in [-0.3, -0.25) is 4.79 Å². The molecule has 0 aromatic heterocycles. The molecule has 160 valence electrons. The maximum atomic E-state index is 12.5. The molecule has 1 aromatic rings. The maximum Gasteiger partial charge on any atom is 0.331 e. The van der Waals surface area contributed by atoms with Crippen molar-refractivity contribution in [3.63, 3.8) is 0 Å². The summed E-state index contributed by atoms with van der Waals surface area (Å²) in [7, 11) is -2.18. The number of carbonyl (C=O) groups excluding carboxylic acids is 2. The maximum absolute atomic E-state index is 12.5. The number of rotatable bonds is 8. The van der Waals surface area contributed by atoms with Crippen LogP contribution in [0.2, 0.25) is 0 Å². The van der Waals surface area contributed by atoms with Crippen LogP contribution in [-0.2, 0) is 24.3 Å². The number of hydrogen-bond donors (Lipinski definition) is 1. The van der Waals surface area contributed by atoms with Gasteiger partial charge >= 0.3 is 5.97 Å². The van der Waals surface area contributed by atoms with Crippen LogP contribution in [0.15, 0.2) is 35.2 Å². The zero-order valence-electron chi connectivity index (χ0n) is 17.3. The Bertz CT molecular complexity index is 836. The molecular weight excluding hydrogens is 392 g/mol. The van der Waals surface area contributed by atoms with Gasteiger partial charge in [-0.2, -0.15) is 4.31 Å². The van der Waals surface area contributed by atoms with E-state index in [1.54, 1.807) is 32.1 Å². The Kier molecular flexibility index (Phi) is 7.98. The predicted octanol–water partition coefficient (Wildman–Crippen LogP) is 2.72. The Morgan fingerprint density at radius 1 is 1.10 bits per heavy atom. The molecule has 0 bridgehead atoms. The summed E-state index contributed by atoms with van der Waals surface area (Å²) in [6.07, 6.45) is 6.84. The van der Waals surface area contributed by atoms with E-state index in [2.05, 4.69) is 5.32 Å². The first kappa shape index (κ1) is 23.1. The van der Waals surface area contributed by atoms with Gasteiger partial charge in [0.05, 0.1) is 12.0 Å². The van der Waals surface area contributed by atoms with Gasteiger partial charge in [0.2, 0.25) is 15.9 Å². The number of sulfonamides is 1. The number of benzene rings is 1. The second-order valence-electron chi connectivity index (χ2n) is 7.12. The van der Waals surface area contributed by atoms with Crippen LogP contribution in [0.25, 0.3) is 6.08 Å². The Hall–Kier alpha value is -2.19. The third-order valence-corrected chi connectivity index (χ3v) is 7.36. The van der Waals surface area contributed by atoms with E-state index in [4.69, 9.17) is 4.74 Å². The quantitative estimate of drug-likeness (QED) is 0.514. The van der Waals surface area contributed by atoms with Crippen molar-refractivity contribution < 1.29 is 22.7 Å². The molecule has 0 unspecified atom stereocenters. The Morgan fingerprint density at radius 3 is 2.21 bits per heavy atom. The zero-order valence-corrected chi connectivity index (χ0v) is 18.1. The van der Waals surface area contributed by atoms with E-state index in [1.165, 1.54) is 29.6 Å². The predicted molar refractivity (Wildman–Crippen MR) is 112 cm³/mol. The highest BCUT2D eigenvalue weighted by Gasteiger charge is 2.41. The molecule has 29 heavy (non-hydrogen) atoms. The second-order valence-corrected chi connectivity index (χ2v) is 9.05. The van der Waals surface area contributed by atoms with E-state index in [1.807, 2.05) is 0 Å². The summed E-state index contributed by atoms with van der Waals surface area (Å²) in [6, 6.07) is 6.36. The van der Waals surface area contributed by atoms with E-state index in [0.717, 1.165) is 19.3 Å². The first-order chi connectivity index (χ1) is 13.8. The summed E-state index contributed by atoms with van der Waals surface area (Å²) in [5.41, 5.74) is -0.273. The Balaban J connectivity index is 2.09. The van der Waals surface area contributed by atoms with Crippen molar-refractivity contribution in [2.45, 2.75) is 56.4 Å². The normalized spacial score (nSPS) is 16.7. The molecule has 2 rings (SSSR count). The fourth-order valence-electron chi connectivity index (χ4n) is 3.64. The summed E-state index contributed by atoms with van der Waals surface area (Å²) < 4.78 is 31.3. The highest BCUT2D eigenvalue weighted by Crippen LogP contribution is 2.29. The molecule has 1 amide bonds. The monoisotopic (exact) mass is 422 g/mol. The van der Waals surface area contributed by atoms with Crippen molar-refractivity contribution in [1.29, 1.82) is 0 Å². The topological polar surface area (TPSA) is 92.8 Å². The minimum Gasteiger partial charge on any atom is -0.467 e. The fourth-order valence-corrected chi connectivity index (χ4v) is 5.10. The largest absolute Gasteiger partial charge is 0.467 e. The van der Waals surface area contributed by atoms with E-state index >= 15 is 0 Å². The first-order valence-corrected chi connectivity index (χ1v) is 11.4. The molecule has 0 aliphatic heterocycles. The smallest absolute Gasteiger partial charge is 0.331 e. The highest BCUT2D eigenvalue weighted by molar-refractivity contribution is 7.89. The van der Waals surface area contributed by atoms with Gasteiger partial charge in [0.15, 0.2) is 0 Å². The van der Waals surface area contributed by atoms with Crippen LogP contribution in [0, 0.1) is 0 Å². The molecule has 1 aromatic carbocycles. The number of amides is 1. The lowest BCUT2D eigenvalue weighted by molar-refractivity contribution is -0.152. The van der Waals surface area contributed by atoms with E-state index < -0.39 is 21.5 Å². The molecule has 0 spiro atoms. The van der Waals surface area contributed by atoms with Gasteiger partial charge in [-0.25, -0.2) is 13.2 Å². The molecule has 0 saturated heterocycles. The standard InChI is InChI=1S/C21H30N2O5S/c1-4-23(5-2)29(26,27)18-12-9-17(10-13-18)11-14-19(24)22-21(20(25)28-3)15-7-6-8-16-21/h9-14H,4-8,15-16H2,1-3H3,(H,22,24). The summed E-state index contributed by atoms with van der Waals surface area (Å²) >= 11 is 0. The van der Waals surface area contributed by atoms with E-state index in [-0.39, 0.29) is 10.8 Å². The van der Waals surface area contributed by atoms with Crippen molar-refractivity contribution in [3.05, 3.63) is 35.9 Å². The van der Waals surface area contributed by atoms with Crippen LogP contribution in [-0.4, -0.2) is 50.3 Å². The molecule has 1 N–H and O–H groups in total. The molecule has 8 heteroatoms. The van der Waals surface area contributed by atoms with Crippen LogP contribution < -0.4 is 5.32 Å². The molecule has 0 radical (unpaired) electrons. The van der Waals surface area contributed by atoms with Crippen LogP contribution in [0.4, 0.5) is 0 Å². The number of nitrogens with zero attached hydrogens (tertiary/aromatic N) is 1. The Morgan fingerprint density at radius 2 is 1.69 bits per heavy atom. The third-order valence-electron chi connectivity index (χ3n) is 5.30. The van der Waals surface area contributed by atoms with Crippen LogP contribution >= 0.6 is 0 Å². The Labute approximate surface area is 173 Å². The first-order valence-electron chi connectivity index (χ1n) is 9.98. The average Bonchev–Trinajstić information content (AvgIpc) is 2.73. The summed E-state index contributed by atoms with van der Waals surface area (Å²) in [5.74, 6) is -0.790. The van der Waals surface area contributed by atoms with Crippen molar-refractivity contribution in [3.8, 4) is 0 Å². The molecule has 1 aliphatic rings. The molecule has 0 atom stereocenters. The lowest BCUT2D eigenvalue weighted by Gasteiger charge is -2.34. The summed E-state index contributed by atoms with van der Waals surface area (Å²) in [6.45, 7) is 4.40. The molecule has 1 fully saturated rings. The van der Waals surface area contributed by atoms with Crippen molar-refractivity contribution in [2.24, 2.45) is 0 Å². The van der Waals surface area contributed by atoms with Gasteiger partial charge in [-0.05, 0) is 36.6 Å².